The van der Waals surface area contributed by atoms with Gasteiger partial charge in [-0.15, -0.1) is 0 Å². The number of anilines is 1. The van der Waals surface area contributed by atoms with Crippen molar-refractivity contribution in [2.24, 2.45) is 5.41 Å². The van der Waals surface area contributed by atoms with Crippen LogP contribution < -0.4 is 5.32 Å². The number of aromatic nitrogens is 3. The SMILES string of the molecule is CC1(C(=O)Nc2cnn(Cc3ccccn3)c2)CS(=O)(=O)C1. The van der Waals surface area contributed by atoms with Gasteiger partial charge in [-0.1, -0.05) is 6.07 Å². The molecule has 0 saturated carbocycles. The van der Waals surface area contributed by atoms with Crippen LogP contribution >= 0.6 is 0 Å². The van der Waals surface area contributed by atoms with Gasteiger partial charge in [-0.25, -0.2) is 8.42 Å². The molecule has 1 saturated heterocycles. The summed E-state index contributed by atoms with van der Waals surface area (Å²) in [7, 11) is -3.05. The molecule has 1 N–H and O–H groups in total. The zero-order chi connectivity index (χ0) is 15.8. The van der Waals surface area contributed by atoms with E-state index < -0.39 is 15.3 Å². The summed E-state index contributed by atoms with van der Waals surface area (Å²) in [6.07, 6.45) is 4.94. The van der Waals surface area contributed by atoms with Crippen molar-refractivity contribution in [3.8, 4) is 0 Å². The molecule has 116 valence electrons. The van der Waals surface area contributed by atoms with Crippen molar-refractivity contribution in [1.82, 2.24) is 14.8 Å². The minimum Gasteiger partial charge on any atom is -0.323 e. The topological polar surface area (TPSA) is 93.9 Å². The van der Waals surface area contributed by atoms with E-state index in [4.69, 9.17) is 0 Å². The van der Waals surface area contributed by atoms with Crippen LogP contribution in [0, 0.1) is 5.41 Å². The maximum atomic E-state index is 12.1. The molecule has 1 aliphatic rings. The van der Waals surface area contributed by atoms with Crippen molar-refractivity contribution in [2.45, 2.75) is 13.5 Å². The highest BCUT2D eigenvalue weighted by Gasteiger charge is 2.50. The Bertz CT molecular complexity index is 787. The van der Waals surface area contributed by atoms with E-state index in [1.54, 1.807) is 24.0 Å². The number of nitrogens with zero attached hydrogens (tertiary/aromatic N) is 3. The Morgan fingerprint density at radius 3 is 2.82 bits per heavy atom. The van der Waals surface area contributed by atoms with E-state index in [-0.39, 0.29) is 17.4 Å². The Balaban J connectivity index is 1.64. The van der Waals surface area contributed by atoms with E-state index in [1.165, 1.54) is 6.20 Å². The second kappa shape index (κ2) is 5.20. The summed E-state index contributed by atoms with van der Waals surface area (Å²) in [6, 6.07) is 5.62. The molecular formula is C14H16N4O3S. The van der Waals surface area contributed by atoms with Crippen molar-refractivity contribution in [3.63, 3.8) is 0 Å². The molecule has 7 nitrogen and oxygen atoms in total. The molecule has 1 aliphatic heterocycles. The van der Waals surface area contributed by atoms with Crippen LogP contribution in [0.3, 0.4) is 0 Å². The number of sulfone groups is 1. The lowest BCUT2D eigenvalue weighted by Crippen LogP contribution is -2.53. The van der Waals surface area contributed by atoms with Gasteiger partial charge in [-0.3, -0.25) is 14.5 Å². The number of amides is 1. The zero-order valence-electron chi connectivity index (χ0n) is 12.1. The molecule has 0 aliphatic carbocycles. The first-order valence-electron chi connectivity index (χ1n) is 6.81. The smallest absolute Gasteiger partial charge is 0.232 e. The van der Waals surface area contributed by atoms with Gasteiger partial charge in [0.2, 0.25) is 5.91 Å². The Morgan fingerprint density at radius 1 is 1.41 bits per heavy atom. The lowest BCUT2D eigenvalue weighted by atomic mass is 9.93. The first-order valence-corrected chi connectivity index (χ1v) is 8.63. The van der Waals surface area contributed by atoms with Crippen LogP contribution in [0.2, 0.25) is 0 Å². The van der Waals surface area contributed by atoms with Crippen molar-refractivity contribution >= 4 is 21.4 Å². The van der Waals surface area contributed by atoms with E-state index in [0.29, 0.717) is 12.2 Å². The maximum Gasteiger partial charge on any atom is 0.232 e. The van der Waals surface area contributed by atoms with E-state index in [0.717, 1.165) is 5.69 Å². The molecule has 8 heteroatoms. The summed E-state index contributed by atoms with van der Waals surface area (Å²) in [5, 5.41) is 6.88. The molecule has 0 atom stereocenters. The summed E-state index contributed by atoms with van der Waals surface area (Å²) in [5.41, 5.74) is 0.564. The number of rotatable bonds is 4. The summed E-state index contributed by atoms with van der Waals surface area (Å²) in [4.78, 5) is 16.4. The Hall–Kier alpha value is -2.22. The molecule has 0 radical (unpaired) electrons. The predicted octanol–water partition coefficient (Wildman–Crippen LogP) is 0.700. The molecule has 1 fully saturated rings. The fourth-order valence-electron chi connectivity index (χ4n) is 2.51. The Kier molecular flexibility index (Phi) is 3.48. The number of nitrogens with one attached hydrogen (secondary N) is 1. The van der Waals surface area contributed by atoms with E-state index in [9.17, 15) is 13.2 Å². The number of pyridine rings is 1. The lowest BCUT2D eigenvalue weighted by Gasteiger charge is -2.35. The highest BCUT2D eigenvalue weighted by atomic mass is 32.2. The van der Waals surface area contributed by atoms with Crippen LogP contribution in [-0.4, -0.2) is 40.6 Å². The highest BCUT2D eigenvalue weighted by molar-refractivity contribution is 7.93. The molecule has 0 spiro atoms. The normalized spacial score (nSPS) is 18.4. The van der Waals surface area contributed by atoms with Gasteiger partial charge in [0.1, 0.15) is 0 Å². The predicted molar refractivity (Wildman–Crippen MR) is 81.0 cm³/mol. The third kappa shape index (κ3) is 3.01. The minimum atomic E-state index is -3.05. The lowest BCUT2D eigenvalue weighted by molar-refractivity contribution is -0.123. The highest BCUT2D eigenvalue weighted by Crippen LogP contribution is 2.33. The molecule has 3 heterocycles. The van der Waals surface area contributed by atoms with Gasteiger partial charge < -0.3 is 5.32 Å². The van der Waals surface area contributed by atoms with Gasteiger partial charge in [-0.05, 0) is 19.1 Å². The van der Waals surface area contributed by atoms with Crippen LogP contribution in [0.5, 0.6) is 0 Å². The van der Waals surface area contributed by atoms with E-state index in [2.05, 4.69) is 15.4 Å². The van der Waals surface area contributed by atoms with Crippen LogP contribution in [0.25, 0.3) is 0 Å². The van der Waals surface area contributed by atoms with Crippen LogP contribution in [0.4, 0.5) is 5.69 Å². The van der Waals surface area contributed by atoms with Gasteiger partial charge >= 0.3 is 0 Å². The summed E-state index contributed by atoms with van der Waals surface area (Å²) < 4.78 is 24.2. The number of hydrogen-bond donors (Lipinski definition) is 1. The fraction of sp³-hybridized carbons (Fsp3) is 0.357. The maximum absolute atomic E-state index is 12.1. The second-order valence-corrected chi connectivity index (χ2v) is 7.86. The first-order chi connectivity index (χ1) is 10.4. The molecule has 2 aromatic rings. The van der Waals surface area contributed by atoms with Gasteiger partial charge in [0.05, 0.1) is 41.0 Å². The fourth-order valence-corrected chi connectivity index (χ4v) is 4.63. The average molecular weight is 320 g/mol. The van der Waals surface area contributed by atoms with Crippen LogP contribution in [-0.2, 0) is 21.2 Å². The van der Waals surface area contributed by atoms with Gasteiger partial charge in [0.25, 0.3) is 0 Å². The molecule has 0 aromatic carbocycles. The third-order valence-corrected chi connectivity index (χ3v) is 5.72. The summed E-state index contributed by atoms with van der Waals surface area (Å²) in [6.45, 7) is 2.16. The molecule has 22 heavy (non-hydrogen) atoms. The van der Waals surface area contributed by atoms with Gasteiger partial charge in [0.15, 0.2) is 9.84 Å². The summed E-state index contributed by atoms with van der Waals surface area (Å²) in [5.74, 6) is -0.498. The molecule has 2 aromatic heterocycles. The third-order valence-electron chi connectivity index (χ3n) is 3.57. The minimum absolute atomic E-state index is 0.103. The Labute approximate surface area is 128 Å². The molecular weight excluding hydrogens is 304 g/mol. The van der Waals surface area contributed by atoms with E-state index >= 15 is 0 Å². The summed E-state index contributed by atoms with van der Waals surface area (Å²) >= 11 is 0. The van der Waals surface area contributed by atoms with Gasteiger partial charge in [-0.2, -0.15) is 5.10 Å². The number of carbonyl (C=O) groups is 1. The monoisotopic (exact) mass is 320 g/mol. The molecule has 3 rings (SSSR count). The van der Waals surface area contributed by atoms with Crippen molar-refractivity contribution in [1.29, 1.82) is 0 Å². The second-order valence-electron chi connectivity index (χ2n) is 5.79. The first kappa shape index (κ1) is 14.7. The average Bonchev–Trinajstić information content (AvgIpc) is 2.84. The quantitative estimate of drug-likeness (QED) is 0.895. The van der Waals surface area contributed by atoms with Crippen molar-refractivity contribution in [3.05, 3.63) is 42.5 Å². The Morgan fingerprint density at radius 2 is 2.18 bits per heavy atom. The molecule has 1 amide bonds. The van der Waals surface area contributed by atoms with Crippen LogP contribution in [0.1, 0.15) is 12.6 Å². The zero-order valence-corrected chi connectivity index (χ0v) is 12.9. The molecule has 0 unspecified atom stereocenters. The molecule has 0 bridgehead atoms. The van der Waals surface area contributed by atoms with Crippen molar-refractivity contribution < 1.29 is 13.2 Å². The largest absolute Gasteiger partial charge is 0.323 e. The van der Waals surface area contributed by atoms with Gasteiger partial charge in [0, 0.05) is 12.4 Å². The standard InChI is InChI=1S/C14H16N4O3S/c1-14(9-22(20,21)10-14)13(19)17-12-6-16-18(8-12)7-11-4-2-3-5-15-11/h2-6,8H,7,9-10H2,1H3,(H,17,19). The number of hydrogen-bond acceptors (Lipinski definition) is 5. The van der Waals surface area contributed by atoms with E-state index in [1.807, 2.05) is 18.2 Å². The van der Waals surface area contributed by atoms with Crippen molar-refractivity contribution in [2.75, 3.05) is 16.8 Å². The number of carbonyl (C=O) groups excluding carboxylic acids is 1. The van der Waals surface area contributed by atoms with Crippen LogP contribution in [0.15, 0.2) is 36.8 Å².